The molecule has 0 bridgehead atoms. The molecule has 2 aromatic carbocycles. The Labute approximate surface area is 170 Å². The third-order valence-electron chi connectivity index (χ3n) is 5.74. The summed E-state index contributed by atoms with van der Waals surface area (Å²) in [6.07, 6.45) is 4.17. The molecular formula is C24H27F2NO2. The third-order valence-corrected chi connectivity index (χ3v) is 5.74. The molecule has 1 fully saturated rings. The standard InChI is InChI=1S/C24H27F2NO2/c25-21-12-3-1-7-17(21)9-5-14-23(28)19-10-6-11-20(19)24(29)27-16-15-18-8-2-4-13-22(18)26/h1-4,7-8,12-13,19-20H,5-6,9-11,14-16H2,(H,27,29)/t19-,20-/m1/s1. The number of halogens is 2. The summed E-state index contributed by atoms with van der Waals surface area (Å²) in [5, 5.41) is 2.87. The summed E-state index contributed by atoms with van der Waals surface area (Å²) < 4.78 is 27.4. The highest BCUT2D eigenvalue weighted by molar-refractivity contribution is 5.89. The number of hydrogen-bond acceptors (Lipinski definition) is 2. The Morgan fingerprint density at radius 3 is 2.10 bits per heavy atom. The maximum Gasteiger partial charge on any atom is 0.223 e. The van der Waals surface area contributed by atoms with Gasteiger partial charge in [0.05, 0.1) is 0 Å². The van der Waals surface area contributed by atoms with Gasteiger partial charge in [-0.1, -0.05) is 42.8 Å². The molecule has 29 heavy (non-hydrogen) atoms. The van der Waals surface area contributed by atoms with E-state index in [0.29, 0.717) is 49.8 Å². The van der Waals surface area contributed by atoms with Crippen LogP contribution >= 0.6 is 0 Å². The van der Waals surface area contributed by atoms with Crippen molar-refractivity contribution in [2.45, 2.75) is 44.9 Å². The Morgan fingerprint density at radius 2 is 1.45 bits per heavy atom. The minimum absolute atomic E-state index is 0.0908. The van der Waals surface area contributed by atoms with Crippen molar-refractivity contribution in [3.8, 4) is 0 Å². The Balaban J connectivity index is 1.45. The molecule has 2 atom stereocenters. The van der Waals surface area contributed by atoms with Gasteiger partial charge in [0.25, 0.3) is 0 Å². The van der Waals surface area contributed by atoms with Crippen molar-refractivity contribution in [2.75, 3.05) is 6.54 Å². The lowest BCUT2D eigenvalue weighted by atomic mass is 9.88. The molecule has 1 aliphatic rings. The molecule has 1 amide bonds. The van der Waals surface area contributed by atoms with Gasteiger partial charge in [0.1, 0.15) is 17.4 Å². The van der Waals surface area contributed by atoms with Crippen molar-refractivity contribution in [1.82, 2.24) is 5.32 Å². The van der Waals surface area contributed by atoms with E-state index in [1.54, 1.807) is 36.4 Å². The number of benzene rings is 2. The van der Waals surface area contributed by atoms with Gasteiger partial charge in [0, 0.05) is 24.8 Å². The number of aryl methyl sites for hydroxylation is 1. The van der Waals surface area contributed by atoms with Gasteiger partial charge in [0.2, 0.25) is 5.91 Å². The van der Waals surface area contributed by atoms with Crippen LogP contribution < -0.4 is 5.32 Å². The van der Waals surface area contributed by atoms with Crippen LogP contribution in [0, 0.1) is 23.5 Å². The van der Waals surface area contributed by atoms with Gasteiger partial charge >= 0.3 is 0 Å². The molecule has 0 saturated heterocycles. The quantitative estimate of drug-likeness (QED) is 0.668. The second-order valence-electron chi connectivity index (χ2n) is 7.69. The number of ketones is 1. The number of carbonyl (C=O) groups excluding carboxylic acids is 2. The molecule has 1 aliphatic carbocycles. The number of hydrogen-bond donors (Lipinski definition) is 1. The van der Waals surface area contributed by atoms with Crippen LogP contribution in [-0.2, 0) is 22.4 Å². The van der Waals surface area contributed by atoms with Gasteiger partial charge in [-0.25, -0.2) is 8.78 Å². The SMILES string of the molecule is O=C(CCCc1ccccc1F)[C@@H]1CCC[C@H]1C(=O)NCCc1ccccc1F. The fraction of sp³-hybridized carbons (Fsp3) is 0.417. The summed E-state index contributed by atoms with van der Waals surface area (Å²) in [7, 11) is 0. The Bertz CT molecular complexity index is 783. The molecule has 154 valence electrons. The molecule has 1 N–H and O–H groups in total. The molecule has 0 unspecified atom stereocenters. The summed E-state index contributed by atoms with van der Waals surface area (Å²) in [6.45, 7) is 0.352. The zero-order valence-corrected chi connectivity index (χ0v) is 16.5. The van der Waals surface area contributed by atoms with E-state index < -0.39 is 0 Å². The van der Waals surface area contributed by atoms with Crippen molar-refractivity contribution in [3.63, 3.8) is 0 Å². The summed E-state index contributed by atoms with van der Waals surface area (Å²) in [5.74, 6) is -1.11. The maximum absolute atomic E-state index is 13.7. The van der Waals surface area contributed by atoms with Crippen molar-refractivity contribution in [1.29, 1.82) is 0 Å². The van der Waals surface area contributed by atoms with E-state index in [-0.39, 0.29) is 35.2 Å². The minimum atomic E-state index is -0.309. The smallest absolute Gasteiger partial charge is 0.223 e. The number of nitrogens with one attached hydrogen (secondary N) is 1. The average Bonchev–Trinajstić information content (AvgIpc) is 3.21. The van der Waals surface area contributed by atoms with Gasteiger partial charge in [0.15, 0.2) is 0 Å². The first kappa shape index (κ1) is 21.2. The number of carbonyl (C=O) groups is 2. The molecule has 5 heteroatoms. The van der Waals surface area contributed by atoms with E-state index in [0.717, 1.165) is 12.8 Å². The molecule has 1 saturated carbocycles. The molecule has 3 rings (SSSR count). The Hall–Kier alpha value is -2.56. The predicted molar refractivity (Wildman–Crippen MR) is 108 cm³/mol. The van der Waals surface area contributed by atoms with Crippen molar-refractivity contribution in [3.05, 3.63) is 71.3 Å². The normalized spacial score (nSPS) is 18.6. The van der Waals surface area contributed by atoms with Crippen LogP contribution in [0.15, 0.2) is 48.5 Å². The van der Waals surface area contributed by atoms with E-state index in [1.165, 1.54) is 12.1 Å². The topological polar surface area (TPSA) is 46.2 Å². The predicted octanol–water partition coefficient (Wildman–Crippen LogP) is 4.63. The van der Waals surface area contributed by atoms with Crippen molar-refractivity contribution >= 4 is 11.7 Å². The summed E-state index contributed by atoms with van der Waals surface area (Å²) in [5.41, 5.74) is 1.19. The van der Waals surface area contributed by atoms with Gasteiger partial charge in [-0.15, -0.1) is 0 Å². The van der Waals surface area contributed by atoms with Crippen LogP contribution in [0.2, 0.25) is 0 Å². The fourth-order valence-corrected chi connectivity index (χ4v) is 4.15. The number of Topliss-reactive ketones (excluding diaryl/α,β-unsaturated/α-hetero) is 1. The van der Waals surface area contributed by atoms with E-state index in [1.807, 2.05) is 0 Å². The first-order chi connectivity index (χ1) is 14.1. The van der Waals surface area contributed by atoms with Crippen LogP contribution in [0.25, 0.3) is 0 Å². The van der Waals surface area contributed by atoms with E-state index >= 15 is 0 Å². The second kappa shape index (κ2) is 10.3. The van der Waals surface area contributed by atoms with E-state index in [9.17, 15) is 18.4 Å². The highest BCUT2D eigenvalue weighted by Crippen LogP contribution is 2.33. The number of rotatable bonds is 9. The van der Waals surface area contributed by atoms with Crippen molar-refractivity contribution < 1.29 is 18.4 Å². The lowest BCUT2D eigenvalue weighted by Crippen LogP contribution is -2.36. The molecule has 0 heterocycles. The van der Waals surface area contributed by atoms with E-state index in [4.69, 9.17) is 0 Å². The second-order valence-corrected chi connectivity index (χ2v) is 7.69. The van der Waals surface area contributed by atoms with Crippen LogP contribution in [0.5, 0.6) is 0 Å². The molecule has 0 spiro atoms. The fourth-order valence-electron chi connectivity index (χ4n) is 4.15. The molecule has 3 nitrogen and oxygen atoms in total. The average molecular weight is 399 g/mol. The van der Waals surface area contributed by atoms with Crippen LogP contribution in [-0.4, -0.2) is 18.2 Å². The minimum Gasteiger partial charge on any atom is -0.356 e. The van der Waals surface area contributed by atoms with Crippen LogP contribution in [0.1, 0.15) is 43.2 Å². The van der Waals surface area contributed by atoms with Gasteiger partial charge in [-0.05, 0) is 55.4 Å². The van der Waals surface area contributed by atoms with Gasteiger partial charge in [-0.3, -0.25) is 9.59 Å². The summed E-state index contributed by atoms with van der Waals surface area (Å²) in [4.78, 5) is 25.2. The van der Waals surface area contributed by atoms with Gasteiger partial charge in [-0.2, -0.15) is 0 Å². The summed E-state index contributed by atoms with van der Waals surface area (Å²) >= 11 is 0. The molecular weight excluding hydrogens is 372 g/mol. The maximum atomic E-state index is 13.7. The molecule has 0 radical (unpaired) electrons. The van der Waals surface area contributed by atoms with Crippen LogP contribution in [0.4, 0.5) is 8.78 Å². The lowest BCUT2D eigenvalue weighted by molar-refractivity contribution is -0.132. The zero-order chi connectivity index (χ0) is 20.6. The third kappa shape index (κ3) is 5.72. The molecule has 0 aliphatic heterocycles. The monoisotopic (exact) mass is 399 g/mol. The number of amides is 1. The van der Waals surface area contributed by atoms with Crippen LogP contribution in [0.3, 0.4) is 0 Å². The highest BCUT2D eigenvalue weighted by atomic mass is 19.1. The molecule has 2 aromatic rings. The Kier molecular flexibility index (Phi) is 7.50. The zero-order valence-electron chi connectivity index (χ0n) is 16.5. The largest absolute Gasteiger partial charge is 0.356 e. The van der Waals surface area contributed by atoms with E-state index in [2.05, 4.69) is 5.32 Å². The molecule has 0 aromatic heterocycles. The highest BCUT2D eigenvalue weighted by Gasteiger charge is 2.36. The Morgan fingerprint density at radius 1 is 0.862 bits per heavy atom. The first-order valence-electron chi connectivity index (χ1n) is 10.3. The van der Waals surface area contributed by atoms with Gasteiger partial charge < -0.3 is 5.32 Å². The lowest BCUT2D eigenvalue weighted by Gasteiger charge is -2.18. The first-order valence-corrected chi connectivity index (χ1v) is 10.3. The summed E-state index contributed by atoms with van der Waals surface area (Å²) in [6, 6.07) is 13.1. The van der Waals surface area contributed by atoms with Crippen molar-refractivity contribution in [2.24, 2.45) is 11.8 Å².